The molecule has 0 saturated carbocycles. The van der Waals surface area contributed by atoms with E-state index < -0.39 is 10.0 Å². The molecule has 0 spiro atoms. The zero-order valence-corrected chi connectivity index (χ0v) is 14.0. The maximum atomic E-state index is 12.6. The maximum Gasteiger partial charge on any atom is 0.262 e. The van der Waals surface area contributed by atoms with Crippen molar-refractivity contribution < 1.29 is 8.42 Å². The van der Waals surface area contributed by atoms with Crippen LogP contribution >= 0.6 is 11.6 Å². The SMILES string of the molecule is Cc1ccc(S(=O)(=O)Nc2ccccc2-n2cccc2)cc1Cl. The van der Waals surface area contributed by atoms with Crippen LogP contribution in [0.15, 0.2) is 71.9 Å². The second kappa shape index (κ2) is 6.10. The number of para-hydroxylation sites is 2. The van der Waals surface area contributed by atoms with E-state index in [1.54, 1.807) is 24.3 Å². The lowest BCUT2D eigenvalue weighted by atomic mass is 10.2. The molecule has 0 unspecified atom stereocenters. The van der Waals surface area contributed by atoms with Crippen LogP contribution in [-0.4, -0.2) is 13.0 Å². The molecule has 6 heteroatoms. The van der Waals surface area contributed by atoms with Crippen LogP contribution in [0, 0.1) is 6.92 Å². The van der Waals surface area contributed by atoms with Gasteiger partial charge in [0.15, 0.2) is 0 Å². The summed E-state index contributed by atoms with van der Waals surface area (Å²) in [6.45, 7) is 1.83. The molecular weight excluding hydrogens is 332 g/mol. The van der Waals surface area contributed by atoms with Crippen LogP contribution in [0.4, 0.5) is 5.69 Å². The molecule has 2 aromatic carbocycles. The number of hydrogen-bond donors (Lipinski definition) is 1. The molecule has 1 N–H and O–H groups in total. The zero-order chi connectivity index (χ0) is 16.4. The van der Waals surface area contributed by atoms with Crippen molar-refractivity contribution in [2.75, 3.05) is 4.72 Å². The third-order valence-corrected chi connectivity index (χ3v) is 5.25. The van der Waals surface area contributed by atoms with E-state index in [1.807, 2.05) is 48.1 Å². The van der Waals surface area contributed by atoms with Gasteiger partial charge in [0.25, 0.3) is 10.0 Å². The average Bonchev–Trinajstić information content (AvgIpc) is 3.04. The topological polar surface area (TPSA) is 51.1 Å². The molecule has 0 aliphatic heterocycles. The van der Waals surface area contributed by atoms with Crippen LogP contribution in [0.5, 0.6) is 0 Å². The Morgan fingerprint density at radius 1 is 1.00 bits per heavy atom. The number of rotatable bonds is 4. The lowest BCUT2D eigenvalue weighted by molar-refractivity contribution is 0.601. The van der Waals surface area contributed by atoms with Crippen molar-refractivity contribution in [3.05, 3.63) is 77.6 Å². The van der Waals surface area contributed by atoms with Gasteiger partial charge in [-0.15, -0.1) is 0 Å². The quantitative estimate of drug-likeness (QED) is 0.768. The number of anilines is 1. The monoisotopic (exact) mass is 346 g/mol. The first-order valence-corrected chi connectivity index (χ1v) is 8.85. The molecular formula is C17H15ClN2O2S. The van der Waals surface area contributed by atoms with E-state index in [4.69, 9.17) is 11.6 Å². The summed E-state index contributed by atoms with van der Waals surface area (Å²) in [6, 6.07) is 15.7. The highest BCUT2D eigenvalue weighted by atomic mass is 35.5. The number of halogens is 1. The lowest BCUT2D eigenvalue weighted by Crippen LogP contribution is -2.14. The molecule has 1 heterocycles. The van der Waals surface area contributed by atoms with Gasteiger partial charge in [0.2, 0.25) is 0 Å². The molecule has 118 valence electrons. The van der Waals surface area contributed by atoms with E-state index in [0.29, 0.717) is 10.7 Å². The Bertz CT molecular complexity index is 935. The number of aryl methyl sites for hydroxylation is 1. The first kappa shape index (κ1) is 15.6. The van der Waals surface area contributed by atoms with Crippen molar-refractivity contribution in [3.63, 3.8) is 0 Å². The summed E-state index contributed by atoms with van der Waals surface area (Å²) in [4.78, 5) is 0.135. The third kappa shape index (κ3) is 3.25. The van der Waals surface area contributed by atoms with Crippen molar-refractivity contribution >= 4 is 27.3 Å². The smallest absolute Gasteiger partial charge is 0.262 e. The average molecular weight is 347 g/mol. The molecule has 0 bridgehead atoms. The summed E-state index contributed by atoms with van der Waals surface area (Å²) in [5.41, 5.74) is 2.08. The van der Waals surface area contributed by atoms with Crippen molar-refractivity contribution in [1.29, 1.82) is 0 Å². The van der Waals surface area contributed by atoms with E-state index >= 15 is 0 Å². The molecule has 4 nitrogen and oxygen atoms in total. The second-order valence-electron chi connectivity index (χ2n) is 5.12. The number of nitrogens with zero attached hydrogens (tertiary/aromatic N) is 1. The van der Waals surface area contributed by atoms with Gasteiger partial charge in [-0.25, -0.2) is 8.42 Å². The summed E-state index contributed by atoms with van der Waals surface area (Å²) in [7, 11) is -3.71. The van der Waals surface area contributed by atoms with Gasteiger partial charge in [-0.2, -0.15) is 0 Å². The Balaban J connectivity index is 2.00. The molecule has 0 radical (unpaired) electrons. The molecule has 0 aliphatic rings. The van der Waals surface area contributed by atoms with E-state index in [-0.39, 0.29) is 4.90 Å². The molecule has 0 amide bonds. The Kier molecular flexibility index (Phi) is 4.15. The summed E-state index contributed by atoms with van der Waals surface area (Å²) < 4.78 is 29.7. The molecule has 0 atom stereocenters. The lowest BCUT2D eigenvalue weighted by Gasteiger charge is -2.13. The minimum Gasteiger partial charge on any atom is -0.322 e. The maximum absolute atomic E-state index is 12.6. The van der Waals surface area contributed by atoms with Crippen molar-refractivity contribution in [2.24, 2.45) is 0 Å². The highest BCUT2D eigenvalue weighted by molar-refractivity contribution is 7.92. The highest BCUT2D eigenvalue weighted by Gasteiger charge is 2.17. The van der Waals surface area contributed by atoms with Gasteiger partial charge in [-0.1, -0.05) is 29.8 Å². The molecule has 3 aromatic rings. The Hall–Kier alpha value is -2.24. The number of hydrogen-bond acceptors (Lipinski definition) is 2. The highest BCUT2D eigenvalue weighted by Crippen LogP contribution is 2.25. The second-order valence-corrected chi connectivity index (χ2v) is 7.21. The largest absolute Gasteiger partial charge is 0.322 e. The number of aromatic nitrogens is 1. The van der Waals surface area contributed by atoms with Crippen LogP contribution < -0.4 is 4.72 Å². The predicted octanol–water partition coefficient (Wildman–Crippen LogP) is 4.24. The van der Waals surface area contributed by atoms with Crippen molar-refractivity contribution in [1.82, 2.24) is 4.57 Å². The van der Waals surface area contributed by atoms with E-state index in [0.717, 1.165) is 11.3 Å². The summed E-state index contributed by atoms with van der Waals surface area (Å²) in [5, 5.41) is 0.423. The number of sulfonamides is 1. The zero-order valence-electron chi connectivity index (χ0n) is 12.4. The van der Waals surface area contributed by atoms with Crippen molar-refractivity contribution in [3.8, 4) is 5.69 Å². The molecule has 0 saturated heterocycles. The minimum atomic E-state index is -3.71. The normalized spacial score (nSPS) is 11.4. The van der Waals surface area contributed by atoms with Crippen molar-refractivity contribution in [2.45, 2.75) is 11.8 Å². The summed E-state index contributed by atoms with van der Waals surface area (Å²) in [5.74, 6) is 0. The number of benzene rings is 2. The van der Waals surface area contributed by atoms with Gasteiger partial charge in [-0.05, 0) is 48.9 Å². The molecule has 1 aromatic heterocycles. The minimum absolute atomic E-state index is 0.135. The van der Waals surface area contributed by atoms with Gasteiger partial charge >= 0.3 is 0 Å². The third-order valence-electron chi connectivity index (χ3n) is 3.48. The van der Waals surface area contributed by atoms with Crippen LogP contribution in [-0.2, 0) is 10.0 Å². The first-order chi connectivity index (χ1) is 11.0. The Labute approximate surface area is 140 Å². The Morgan fingerprint density at radius 2 is 1.70 bits per heavy atom. The molecule has 3 rings (SSSR count). The van der Waals surface area contributed by atoms with E-state index in [2.05, 4.69) is 4.72 Å². The van der Waals surface area contributed by atoms with Crippen LogP contribution in [0.1, 0.15) is 5.56 Å². The van der Waals surface area contributed by atoms with Gasteiger partial charge in [0.05, 0.1) is 16.3 Å². The first-order valence-electron chi connectivity index (χ1n) is 6.99. The summed E-state index contributed by atoms with van der Waals surface area (Å²) >= 11 is 6.04. The standard InChI is InChI=1S/C17H15ClN2O2S/c1-13-8-9-14(12-15(13)18)23(21,22)19-16-6-2-3-7-17(16)20-10-4-5-11-20/h2-12,19H,1H3. The fourth-order valence-electron chi connectivity index (χ4n) is 2.22. The van der Waals surface area contributed by atoms with Crippen LogP contribution in [0.2, 0.25) is 5.02 Å². The van der Waals surface area contributed by atoms with E-state index in [1.165, 1.54) is 6.07 Å². The molecule has 0 fully saturated rings. The van der Waals surface area contributed by atoms with Gasteiger partial charge in [-0.3, -0.25) is 4.72 Å². The molecule has 0 aliphatic carbocycles. The Morgan fingerprint density at radius 3 is 2.39 bits per heavy atom. The fraction of sp³-hybridized carbons (Fsp3) is 0.0588. The predicted molar refractivity (Wildman–Crippen MR) is 92.8 cm³/mol. The van der Waals surface area contributed by atoms with Gasteiger partial charge < -0.3 is 4.57 Å². The van der Waals surface area contributed by atoms with Crippen LogP contribution in [0.3, 0.4) is 0 Å². The van der Waals surface area contributed by atoms with Crippen LogP contribution in [0.25, 0.3) is 5.69 Å². The van der Waals surface area contributed by atoms with Gasteiger partial charge in [0, 0.05) is 17.4 Å². The summed E-state index contributed by atoms with van der Waals surface area (Å²) in [6.07, 6.45) is 3.71. The van der Waals surface area contributed by atoms with Gasteiger partial charge in [0.1, 0.15) is 0 Å². The fourth-order valence-corrected chi connectivity index (χ4v) is 3.57. The molecule has 23 heavy (non-hydrogen) atoms. The van der Waals surface area contributed by atoms with E-state index in [9.17, 15) is 8.42 Å². The number of nitrogens with one attached hydrogen (secondary N) is 1.